The van der Waals surface area contributed by atoms with Gasteiger partial charge in [0.05, 0.1) is 12.7 Å². The van der Waals surface area contributed by atoms with Crippen molar-refractivity contribution >= 4 is 5.97 Å². The molecule has 4 aromatic rings. The van der Waals surface area contributed by atoms with Crippen LogP contribution in [0.5, 0.6) is 5.75 Å². The SMILES string of the molecule is COc1cccc(CNC[C@@H](OC(=O)c2cc(C)cc(C(O)c3ccccc3C)c2)[C@@H](N)Cc2cc(F)cc(F)c2)c1. The lowest BCUT2D eigenvalue weighted by Crippen LogP contribution is -2.46. The van der Waals surface area contributed by atoms with E-state index in [0.717, 1.165) is 28.3 Å². The third-order valence-corrected chi connectivity index (χ3v) is 7.07. The fraction of sp³-hybridized carbons (Fsp3) is 0.265. The number of carbonyl (C=O) groups is 1. The second kappa shape index (κ2) is 14.2. The quantitative estimate of drug-likeness (QED) is 0.192. The fourth-order valence-electron chi connectivity index (χ4n) is 4.92. The van der Waals surface area contributed by atoms with Crippen molar-refractivity contribution in [2.45, 2.75) is 45.1 Å². The van der Waals surface area contributed by atoms with Crippen molar-refractivity contribution in [1.29, 1.82) is 0 Å². The van der Waals surface area contributed by atoms with Crippen molar-refractivity contribution in [3.05, 3.63) is 136 Å². The maximum absolute atomic E-state index is 13.8. The van der Waals surface area contributed by atoms with Gasteiger partial charge in [0.25, 0.3) is 0 Å². The standard InChI is InChI=1S/C34H36F2N2O4/c1-21-11-25(33(39)30-10-5-4-7-22(30)2)17-26(12-21)34(40)42-32(20-38-19-23-8-6-9-29(15-23)41-3)31(37)16-24-13-27(35)18-28(36)14-24/h4-15,17-18,31-33,38-39H,16,19-20,37H2,1-3H3/t31-,32+,33?/m0/s1. The van der Waals surface area contributed by atoms with Gasteiger partial charge in [-0.3, -0.25) is 0 Å². The lowest BCUT2D eigenvalue weighted by atomic mass is 9.95. The summed E-state index contributed by atoms with van der Waals surface area (Å²) in [6, 6.07) is 22.6. The molecule has 220 valence electrons. The van der Waals surface area contributed by atoms with Crippen molar-refractivity contribution in [2.75, 3.05) is 13.7 Å². The Balaban J connectivity index is 1.54. The molecule has 0 heterocycles. The summed E-state index contributed by atoms with van der Waals surface area (Å²) in [5.41, 5.74) is 11.1. The van der Waals surface area contributed by atoms with Gasteiger partial charge in [-0.25, -0.2) is 13.6 Å². The summed E-state index contributed by atoms with van der Waals surface area (Å²) in [5, 5.41) is 14.4. The van der Waals surface area contributed by atoms with Gasteiger partial charge in [-0.15, -0.1) is 0 Å². The second-order valence-corrected chi connectivity index (χ2v) is 10.5. The van der Waals surface area contributed by atoms with E-state index in [4.69, 9.17) is 15.2 Å². The lowest BCUT2D eigenvalue weighted by molar-refractivity contribution is 0.0237. The minimum atomic E-state index is -0.928. The molecular formula is C34H36F2N2O4. The van der Waals surface area contributed by atoms with E-state index in [1.165, 1.54) is 12.1 Å². The number of esters is 1. The van der Waals surface area contributed by atoms with Crippen LogP contribution in [0.4, 0.5) is 8.78 Å². The van der Waals surface area contributed by atoms with Crippen molar-refractivity contribution < 1.29 is 28.2 Å². The van der Waals surface area contributed by atoms with Crippen molar-refractivity contribution in [3.63, 3.8) is 0 Å². The minimum absolute atomic E-state index is 0.0819. The topological polar surface area (TPSA) is 93.8 Å². The Kier molecular flexibility index (Phi) is 10.4. The third-order valence-electron chi connectivity index (χ3n) is 7.07. The first-order valence-electron chi connectivity index (χ1n) is 13.7. The van der Waals surface area contributed by atoms with E-state index in [1.54, 1.807) is 19.2 Å². The fourth-order valence-corrected chi connectivity index (χ4v) is 4.92. The molecule has 4 N–H and O–H groups in total. The second-order valence-electron chi connectivity index (χ2n) is 10.5. The van der Waals surface area contributed by atoms with Gasteiger partial charge >= 0.3 is 5.97 Å². The van der Waals surface area contributed by atoms with Crippen molar-refractivity contribution in [1.82, 2.24) is 5.32 Å². The normalized spacial score (nSPS) is 13.3. The van der Waals surface area contributed by atoms with Gasteiger partial charge in [0.2, 0.25) is 0 Å². The third kappa shape index (κ3) is 8.22. The molecule has 8 heteroatoms. The summed E-state index contributed by atoms with van der Waals surface area (Å²) >= 11 is 0. The molecule has 0 aliphatic rings. The van der Waals surface area contributed by atoms with Crippen LogP contribution in [0.25, 0.3) is 0 Å². The number of aliphatic hydroxyl groups excluding tert-OH is 1. The van der Waals surface area contributed by atoms with Crippen LogP contribution in [0.2, 0.25) is 0 Å². The molecule has 0 aliphatic carbocycles. The molecule has 0 saturated heterocycles. The van der Waals surface area contributed by atoms with Crippen LogP contribution in [0.15, 0.2) is 84.9 Å². The highest BCUT2D eigenvalue weighted by Gasteiger charge is 2.25. The molecule has 4 rings (SSSR count). The molecule has 6 nitrogen and oxygen atoms in total. The summed E-state index contributed by atoms with van der Waals surface area (Å²) in [4.78, 5) is 13.4. The predicted octanol–water partition coefficient (Wildman–Crippen LogP) is 5.56. The first kappa shape index (κ1) is 30.8. The number of nitrogens with one attached hydrogen (secondary N) is 1. The zero-order valence-electron chi connectivity index (χ0n) is 23.9. The summed E-state index contributed by atoms with van der Waals surface area (Å²) < 4.78 is 38.9. The number of rotatable bonds is 12. The number of methoxy groups -OCH3 is 1. The molecule has 0 aromatic heterocycles. The van der Waals surface area contributed by atoms with Crippen molar-refractivity contribution in [3.8, 4) is 5.75 Å². The van der Waals surface area contributed by atoms with Gasteiger partial charge in [-0.1, -0.05) is 42.5 Å². The molecule has 0 bridgehead atoms. The monoisotopic (exact) mass is 574 g/mol. The molecule has 0 amide bonds. The number of benzene rings is 4. The van der Waals surface area contributed by atoms with Crippen LogP contribution >= 0.6 is 0 Å². The zero-order valence-corrected chi connectivity index (χ0v) is 23.9. The maximum atomic E-state index is 13.8. The predicted molar refractivity (Wildman–Crippen MR) is 158 cm³/mol. The van der Waals surface area contributed by atoms with Gasteiger partial charge in [0, 0.05) is 25.2 Å². The first-order valence-corrected chi connectivity index (χ1v) is 13.7. The highest BCUT2D eigenvalue weighted by Crippen LogP contribution is 2.27. The zero-order chi connectivity index (χ0) is 30.2. The Labute approximate surface area is 245 Å². The molecule has 0 aliphatic heterocycles. The molecule has 0 spiro atoms. The minimum Gasteiger partial charge on any atom is -0.497 e. The van der Waals surface area contributed by atoms with E-state index in [2.05, 4.69) is 5.32 Å². The van der Waals surface area contributed by atoms with Gasteiger partial charge in [0.15, 0.2) is 0 Å². The van der Waals surface area contributed by atoms with Gasteiger partial charge in [-0.05, 0) is 90.0 Å². The Hall–Kier alpha value is -4.11. The maximum Gasteiger partial charge on any atom is 0.338 e. The van der Waals surface area contributed by atoms with Crippen molar-refractivity contribution in [2.24, 2.45) is 5.73 Å². The van der Waals surface area contributed by atoms with E-state index >= 15 is 0 Å². The highest BCUT2D eigenvalue weighted by atomic mass is 19.1. The number of carbonyl (C=O) groups excluding carboxylic acids is 1. The first-order chi connectivity index (χ1) is 20.1. The number of ether oxygens (including phenoxy) is 2. The van der Waals surface area contributed by atoms with E-state index in [9.17, 15) is 18.7 Å². The molecule has 0 saturated carbocycles. The number of halogens is 2. The van der Waals surface area contributed by atoms with E-state index in [-0.39, 0.29) is 18.5 Å². The van der Waals surface area contributed by atoms with E-state index in [1.807, 2.05) is 68.4 Å². The van der Waals surface area contributed by atoms with Gasteiger partial charge in [-0.2, -0.15) is 0 Å². The Bertz CT molecular complexity index is 1510. The van der Waals surface area contributed by atoms with Gasteiger partial charge < -0.3 is 25.6 Å². The molecule has 1 unspecified atom stereocenters. The number of hydrogen-bond acceptors (Lipinski definition) is 6. The summed E-state index contributed by atoms with van der Waals surface area (Å²) in [7, 11) is 1.59. The van der Waals surface area contributed by atoms with Crippen LogP contribution in [-0.4, -0.2) is 36.9 Å². The van der Waals surface area contributed by atoms with Crippen LogP contribution < -0.4 is 15.8 Å². The van der Waals surface area contributed by atoms with E-state index in [0.29, 0.717) is 23.4 Å². The Morgan fingerprint density at radius 1 is 0.929 bits per heavy atom. The molecule has 42 heavy (non-hydrogen) atoms. The van der Waals surface area contributed by atoms with Crippen LogP contribution in [0, 0.1) is 25.5 Å². The number of hydrogen-bond donors (Lipinski definition) is 3. The molecule has 0 radical (unpaired) electrons. The number of aryl methyl sites for hydroxylation is 2. The van der Waals surface area contributed by atoms with Crippen LogP contribution in [0.3, 0.4) is 0 Å². The van der Waals surface area contributed by atoms with Gasteiger partial charge in [0.1, 0.15) is 29.6 Å². The Morgan fingerprint density at radius 3 is 2.38 bits per heavy atom. The Morgan fingerprint density at radius 2 is 1.67 bits per heavy atom. The molecular weight excluding hydrogens is 538 g/mol. The summed E-state index contributed by atoms with van der Waals surface area (Å²) in [6.45, 7) is 4.39. The average molecular weight is 575 g/mol. The molecule has 4 aromatic carbocycles. The smallest absolute Gasteiger partial charge is 0.338 e. The lowest BCUT2D eigenvalue weighted by Gasteiger charge is -2.25. The largest absolute Gasteiger partial charge is 0.497 e. The highest BCUT2D eigenvalue weighted by molar-refractivity contribution is 5.90. The number of nitrogens with two attached hydrogens (primary N) is 1. The summed E-state index contributed by atoms with van der Waals surface area (Å²) in [5.74, 6) is -1.32. The molecule has 3 atom stereocenters. The summed E-state index contributed by atoms with van der Waals surface area (Å²) in [6.07, 6.45) is -1.68. The average Bonchev–Trinajstić information content (AvgIpc) is 2.95. The van der Waals surface area contributed by atoms with Crippen LogP contribution in [-0.2, 0) is 17.7 Å². The van der Waals surface area contributed by atoms with Crippen LogP contribution in [0.1, 0.15) is 49.8 Å². The van der Waals surface area contributed by atoms with E-state index < -0.39 is 35.9 Å². The number of aliphatic hydroxyl groups is 1. The molecule has 0 fully saturated rings.